The third kappa shape index (κ3) is 7.53. The molecule has 156 valence electrons. The number of rotatable bonds is 8. The van der Waals surface area contributed by atoms with Gasteiger partial charge in [0.2, 0.25) is 0 Å². The predicted octanol–water partition coefficient (Wildman–Crippen LogP) is 2.17. The van der Waals surface area contributed by atoms with Gasteiger partial charge in [-0.1, -0.05) is 0 Å². The molecule has 0 atom stereocenters. The molecular weight excluding hydrogens is 394 g/mol. The number of nitrogens with zero attached hydrogens (tertiary/aromatic N) is 3. The number of hydrazone groups is 2. The summed E-state index contributed by atoms with van der Waals surface area (Å²) in [5.74, 6) is 1.44. The second-order valence-electron chi connectivity index (χ2n) is 6.67. The average molecular weight is 426 g/mol. The quantitative estimate of drug-likeness (QED) is 0.286. The van der Waals surface area contributed by atoms with Crippen LogP contribution in [-0.2, 0) is 6.54 Å². The number of hydrogen-bond acceptors (Lipinski definition) is 6. The first-order valence-electron chi connectivity index (χ1n) is 9.12. The Balaban J connectivity index is 3.12. The fraction of sp³-hybridized carbons (Fsp3) is 0.556. The van der Waals surface area contributed by atoms with Gasteiger partial charge in [0.25, 0.3) is 0 Å². The van der Waals surface area contributed by atoms with E-state index in [0.29, 0.717) is 46.0 Å². The lowest BCUT2D eigenvalue weighted by Crippen LogP contribution is -2.36. The lowest BCUT2D eigenvalue weighted by atomic mass is 10.2. The lowest BCUT2D eigenvalue weighted by Gasteiger charge is -2.29. The van der Waals surface area contributed by atoms with Gasteiger partial charge >= 0.3 is 0 Å². The normalized spacial score (nSPS) is 12.5. The van der Waals surface area contributed by atoms with E-state index >= 15 is 0 Å². The van der Waals surface area contributed by atoms with Crippen molar-refractivity contribution in [3.05, 3.63) is 23.7 Å². The zero-order valence-electron chi connectivity index (χ0n) is 17.6. The summed E-state index contributed by atoms with van der Waals surface area (Å²) < 4.78 is 6.06. The Labute approximate surface area is 178 Å². The molecule has 0 bridgehead atoms. The molecule has 8 nitrogen and oxygen atoms in total. The van der Waals surface area contributed by atoms with Crippen LogP contribution < -0.4 is 21.5 Å². The minimum absolute atomic E-state index is 0.390. The highest BCUT2D eigenvalue weighted by molar-refractivity contribution is 7.80. The first-order chi connectivity index (χ1) is 13.2. The molecule has 0 aliphatic rings. The van der Waals surface area contributed by atoms with Crippen molar-refractivity contribution in [2.45, 2.75) is 53.2 Å². The Morgan fingerprint density at radius 3 is 2.04 bits per heavy atom. The maximum absolute atomic E-state index is 6.06. The van der Waals surface area contributed by atoms with Crippen LogP contribution in [0.1, 0.15) is 46.1 Å². The van der Waals surface area contributed by atoms with Crippen LogP contribution in [0.2, 0.25) is 0 Å². The highest BCUT2D eigenvalue weighted by Crippen LogP contribution is 2.16. The van der Waals surface area contributed by atoms with Gasteiger partial charge in [0.15, 0.2) is 16.0 Å². The molecule has 0 fully saturated rings. The Morgan fingerprint density at radius 2 is 1.54 bits per heavy atom. The van der Waals surface area contributed by atoms with Gasteiger partial charge in [0.05, 0.1) is 12.3 Å². The van der Waals surface area contributed by atoms with Gasteiger partial charge in [-0.25, -0.2) is 0 Å². The van der Waals surface area contributed by atoms with Crippen LogP contribution in [0.5, 0.6) is 0 Å². The SMILES string of the molecule is CNC(=S)N/N=C(C)/C(=N\NC(=S)NC)c1ccc(CN(C(C)C)C(C)C)o1. The smallest absolute Gasteiger partial charge is 0.186 e. The molecule has 28 heavy (non-hydrogen) atoms. The van der Waals surface area contributed by atoms with Crippen molar-refractivity contribution >= 4 is 46.1 Å². The maximum atomic E-state index is 6.06. The first-order valence-corrected chi connectivity index (χ1v) is 9.93. The molecule has 10 heteroatoms. The molecule has 0 aromatic carbocycles. The van der Waals surface area contributed by atoms with Gasteiger partial charge in [0.1, 0.15) is 11.5 Å². The highest BCUT2D eigenvalue weighted by Gasteiger charge is 2.18. The Kier molecular flexibility index (Phi) is 10.0. The second-order valence-corrected chi connectivity index (χ2v) is 7.48. The molecule has 4 N–H and O–H groups in total. The second kappa shape index (κ2) is 11.7. The summed E-state index contributed by atoms with van der Waals surface area (Å²) in [5, 5.41) is 15.0. The van der Waals surface area contributed by atoms with Crippen LogP contribution >= 0.6 is 24.4 Å². The molecule has 1 aromatic heterocycles. The minimum atomic E-state index is 0.390. The molecule has 0 aliphatic carbocycles. The lowest BCUT2D eigenvalue weighted by molar-refractivity contribution is 0.153. The molecule has 0 aliphatic heterocycles. The van der Waals surface area contributed by atoms with Gasteiger partial charge in [-0.2, -0.15) is 10.2 Å². The highest BCUT2D eigenvalue weighted by atomic mass is 32.1. The van der Waals surface area contributed by atoms with Crippen molar-refractivity contribution in [3.8, 4) is 0 Å². The van der Waals surface area contributed by atoms with Crippen molar-refractivity contribution in [2.75, 3.05) is 14.1 Å². The summed E-state index contributed by atoms with van der Waals surface area (Å²) in [6.45, 7) is 11.2. The van der Waals surface area contributed by atoms with Crippen molar-refractivity contribution in [3.63, 3.8) is 0 Å². The Bertz CT molecular complexity index is 717. The van der Waals surface area contributed by atoms with E-state index in [4.69, 9.17) is 28.9 Å². The summed E-state index contributed by atoms with van der Waals surface area (Å²) in [6.07, 6.45) is 0. The summed E-state index contributed by atoms with van der Waals surface area (Å²) in [6, 6.07) is 4.66. The van der Waals surface area contributed by atoms with E-state index in [9.17, 15) is 0 Å². The fourth-order valence-corrected chi connectivity index (χ4v) is 2.54. The Morgan fingerprint density at radius 1 is 1.00 bits per heavy atom. The number of thiocarbonyl (C=S) groups is 2. The zero-order chi connectivity index (χ0) is 21.3. The third-order valence-electron chi connectivity index (χ3n) is 3.95. The van der Waals surface area contributed by atoms with E-state index in [1.54, 1.807) is 14.1 Å². The van der Waals surface area contributed by atoms with E-state index in [1.165, 1.54) is 0 Å². The Hall–Kier alpha value is -2.04. The van der Waals surface area contributed by atoms with E-state index in [2.05, 4.69) is 64.3 Å². The monoisotopic (exact) mass is 425 g/mol. The molecule has 0 unspecified atom stereocenters. The first kappa shape index (κ1) is 24.0. The van der Waals surface area contributed by atoms with Crippen molar-refractivity contribution in [2.24, 2.45) is 10.2 Å². The topological polar surface area (TPSA) is 89.2 Å². The van der Waals surface area contributed by atoms with Gasteiger partial charge in [-0.05, 0) is 71.2 Å². The van der Waals surface area contributed by atoms with Gasteiger partial charge in [-0.15, -0.1) is 0 Å². The zero-order valence-corrected chi connectivity index (χ0v) is 19.2. The summed E-state index contributed by atoms with van der Waals surface area (Å²) in [5.41, 5.74) is 6.65. The van der Waals surface area contributed by atoms with Crippen LogP contribution in [0.25, 0.3) is 0 Å². The molecule has 1 heterocycles. The molecule has 0 saturated heterocycles. The number of furan rings is 1. The molecule has 0 amide bonds. The standard InChI is InChI=1S/C18H31N7OS2/c1-11(2)25(12(3)4)10-14-8-9-15(26-14)16(22-24-18(28)20-7)13(5)21-23-17(27)19-6/h8-9,11-12H,10H2,1-7H3,(H2,19,23,27)(H2,20,24,28)/b21-13+,22-16+. The van der Waals surface area contributed by atoms with Gasteiger partial charge < -0.3 is 15.1 Å². The third-order valence-corrected chi connectivity index (χ3v) is 4.54. The average Bonchev–Trinajstić information content (AvgIpc) is 3.11. The summed E-state index contributed by atoms with van der Waals surface area (Å²) in [7, 11) is 3.44. The van der Waals surface area contributed by atoms with Gasteiger partial charge in [0, 0.05) is 26.2 Å². The maximum Gasteiger partial charge on any atom is 0.186 e. The molecular formula is C18H31N7OS2. The van der Waals surface area contributed by atoms with Crippen LogP contribution in [0.4, 0.5) is 0 Å². The molecule has 1 rings (SSSR count). The van der Waals surface area contributed by atoms with Crippen molar-refractivity contribution < 1.29 is 4.42 Å². The van der Waals surface area contributed by atoms with E-state index in [-0.39, 0.29) is 0 Å². The van der Waals surface area contributed by atoms with Crippen LogP contribution in [0.15, 0.2) is 26.8 Å². The fourth-order valence-electron chi connectivity index (χ4n) is 2.45. The predicted molar refractivity (Wildman–Crippen MR) is 124 cm³/mol. The largest absolute Gasteiger partial charge is 0.458 e. The number of hydrogen-bond donors (Lipinski definition) is 4. The number of nitrogens with one attached hydrogen (secondary N) is 4. The van der Waals surface area contributed by atoms with Crippen molar-refractivity contribution in [1.82, 2.24) is 26.4 Å². The summed E-state index contributed by atoms with van der Waals surface area (Å²) in [4.78, 5) is 2.35. The van der Waals surface area contributed by atoms with Crippen LogP contribution in [0, 0.1) is 0 Å². The van der Waals surface area contributed by atoms with E-state index in [0.717, 1.165) is 5.76 Å². The van der Waals surface area contributed by atoms with E-state index < -0.39 is 0 Å². The molecule has 0 spiro atoms. The van der Waals surface area contributed by atoms with Crippen molar-refractivity contribution in [1.29, 1.82) is 0 Å². The van der Waals surface area contributed by atoms with Crippen LogP contribution in [0.3, 0.4) is 0 Å². The summed E-state index contributed by atoms with van der Waals surface area (Å²) >= 11 is 10.2. The molecule has 1 aromatic rings. The molecule has 0 radical (unpaired) electrons. The minimum Gasteiger partial charge on any atom is -0.458 e. The van der Waals surface area contributed by atoms with E-state index in [1.807, 2.05) is 19.1 Å². The van der Waals surface area contributed by atoms with Gasteiger partial charge in [-0.3, -0.25) is 15.8 Å². The van der Waals surface area contributed by atoms with Crippen LogP contribution in [-0.4, -0.2) is 52.7 Å². The molecule has 0 saturated carbocycles.